The number of ether oxygens (including phenoxy) is 2. The number of phenolic OH excluding ortho intramolecular Hbond substituents is 1. The van der Waals surface area contributed by atoms with Crippen LogP contribution in [-0.2, 0) is 6.61 Å². The van der Waals surface area contributed by atoms with E-state index in [1.54, 1.807) is 54.6 Å². The SMILES string of the molecule is O=C(O)c1ccccc1COc1ccc2oc(Oc3ccc(O)c(Cl)c3)cc2c1. The number of halogens is 1. The molecule has 4 aromatic rings. The maximum atomic E-state index is 11.3. The molecule has 0 amide bonds. The van der Waals surface area contributed by atoms with Crippen molar-refractivity contribution < 1.29 is 28.9 Å². The fourth-order valence-corrected chi connectivity index (χ4v) is 2.99. The number of phenols is 1. The fraction of sp³-hybridized carbons (Fsp3) is 0.0455. The number of hydrogen-bond donors (Lipinski definition) is 2. The van der Waals surface area contributed by atoms with Gasteiger partial charge in [-0.05, 0) is 36.4 Å². The summed E-state index contributed by atoms with van der Waals surface area (Å²) in [7, 11) is 0. The summed E-state index contributed by atoms with van der Waals surface area (Å²) in [6.45, 7) is 0.126. The van der Waals surface area contributed by atoms with Crippen LogP contribution < -0.4 is 9.47 Å². The second kappa shape index (κ2) is 7.77. The monoisotopic (exact) mass is 410 g/mol. The van der Waals surface area contributed by atoms with Crippen molar-refractivity contribution in [3.05, 3.63) is 82.9 Å². The summed E-state index contributed by atoms with van der Waals surface area (Å²) in [5.74, 6) is 0.224. The molecule has 0 saturated carbocycles. The average molecular weight is 411 g/mol. The van der Waals surface area contributed by atoms with E-state index < -0.39 is 5.97 Å². The standard InChI is InChI=1S/C22H15ClO6/c23-18-11-16(5-7-19(18)24)28-21-10-14-9-15(6-8-20(14)29-21)27-12-13-3-1-2-4-17(13)22(25)26/h1-11,24H,12H2,(H,25,26). The second-order valence-electron chi connectivity index (χ2n) is 6.23. The van der Waals surface area contributed by atoms with E-state index in [4.69, 9.17) is 25.5 Å². The lowest BCUT2D eigenvalue weighted by molar-refractivity contribution is 0.0694. The van der Waals surface area contributed by atoms with Gasteiger partial charge in [0.2, 0.25) is 0 Å². The molecule has 0 aliphatic heterocycles. The van der Waals surface area contributed by atoms with Gasteiger partial charge < -0.3 is 24.1 Å². The summed E-state index contributed by atoms with van der Waals surface area (Å²) in [6.07, 6.45) is 0. The first-order chi connectivity index (χ1) is 14.0. The molecule has 4 rings (SSSR count). The third-order valence-corrected chi connectivity index (χ3v) is 4.55. The van der Waals surface area contributed by atoms with Crippen LogP contribution in [0.4, 0.5) is 0 Å². The van der Waals surface area contributed by atoms with Gasteiger partial charge in [-0.25, -0.2) is 4.79 Å². The Kier molecular flexibility index (Phi) is 5.01. The first kappa shape index (κ1) is 18.7. The number of rotatable bonds is 6. The summed E-state index contributed by atoms with van der Waals surface area (Å²) < 4.78 is 17.0. The van der Waals surface area contributed by atoms with E-state index in [9.17, 15) is 15.0 Å². The number of hydrogen-bond acceptors (Lipinski definition) is 5. The number of fused-ring (bicyclic) bond motifs is 1. The minimum atomic E-state index is -0.995. The van der Waals surface area contributed by atoms with Crippen LogP contribution in [0.25, 0.3) is 11.0 Å². The molecular formula is C22H15ClO6. The lowest BCUT2D eigenvalue weighted by atomic mass is 10.1. The largest absolute Gasteiger partial charge is 0.506 e. The van der Waals surface area contributed by atoms with Crippen molar-refractivity contribution in [2.45, 2.75) is 6.61 Å². The van der Waals surface area contributed by atoms with Gasteiger partial charge in [0.05, 0.1) is 10.6 Å². The second-order valence-corrected chi connectivity index (χ2v) is 6.64. The minimum absolute atomic E-state index is 0.0325. The number of carboxylic acid groups (broad SMARTS) is 1. The summed E-state index contributed by atoms with van der Waals surface area (Å²) in [5.41, 5.74) is 1.39. The highest BCUT2D eigenvalue weighted by atomic mass is 35.5. The van der Waals surface area contributed by atoms with Crippen LogP contribution in [0.2, 0.25) is 5.02 Å². The Morgan fingerprint density at radius 2 is 1.79 bits per heavy atom. The van der Waals surface area contributed by atoms with Crippen LogP contribution in [-0.4, -0.2) is 16.2 Å². The highest BCUT2D eigenvalue weighted by Crippen LogP contribution is 2.34. The Balaban J connectivity index is 1.51. The van der Waals surface area contributed by atoms with Crippen LogP contribution in [0.5, 0.6) is 23.2 Å². The van der Waals surface area contributed by atoms with Gasteiger partial charge in [0.15, 0.2) is 0 Å². The maximum absolute atomic E-state index is 11.3. The smallest absolute Gasteiger partial charge is 0.336 e. The Morgan fingerprint density at radius 3 is 2.59 bits per heavy atom. The number of benzene rings is 3. The molecule has 0 atom stereocenters. The Labute approximate surface area is 170 Å². The van der Waals surface area contributed by atoms with Gasteiger partial charge in [-0.15, -0.1) is 0 Å². The molecule has 0 saturated heterocycles. The number of aromatic carboxylic acids is 1. The van der Waals surface area contributed by atoms with Crippen LogP contribution in [0.1, 0.15) is 15.9 Å². The van der Waals surface area contributed by atoms with Crippen molar-refractivity contribution >= 4 is 28.5 Å². The molecule has 0 aliphatic carbocycles. The third kappa shape index (κ3) is 4.12. The van der Waals surface area contributed by atoms with Crippen molar-refractivity contribution in [2.75, 3.05) is 0 Å². The number of aromatic hydroxyl groups is 1. The van der Waals surface area contributed by atoms with Crippen LogP contribution in [0.15, 0.2) is 71.1 Å². The molecule has 7 heteroatoms. The molecule has 2 N–H and O–H groups in total. The van der Waals surface area contributed by atoms with Crippen molar-refractivity contribution in [3.8, 4) is 23.2 Å². The molecule has 0 spiro atoms. The zero-order valence-corrected chi connectivity index (χ0v) is 15.7. The molecule has 146 valence electrons. The van der Waals surface area contributed by atoms with Gasteiger partial charge in [-0.3, -0.25) is 0 Å². The minimum Gasteiger partial charge on any atom is -0.506 e. The normalized spacial score (nSPS) is 10.8. The maximum Gasteiger partial charge on any atom is 0.336 e. The van der Waals surface area contributed by atoms with Gasteiger partial charge in [-0.1, -0.05) is 29.8 Å². The van der Waals surface area contributed by atoms with E-state index in [-0.39, 0.29) is 28.9 Å². The van der Waals surface area contributed by atoms with Crippen molar-refractivity contribution in [3.63, 3.8) is 0 Å². The van der Waals surface area contributed by atoms with Gasteiger partial charge >= 0.3 is 5.97 Å². The summed E-state index contributed by atoms with van der Waals surface area (Å²) in [6, 6.07) is 18.1. The van der Waals surface area contributed by atoms with Crippen molar-refractivity contribution in [1.82, 2.24) is 0 Å². The topological polar surface area (TPSA) is 89.1 Å². The quantitative estimate of drug-likeness (QED) is 0.413. The molecule has 6 nitrogen and oxygen atoms in total. The summed E-state index contributed by atoms with van der Waals surface area (Å²) in [5, 5.41) is 19.7. The van der Waals surface area contributed by atoms with E-state index in [1.165, 1.54) is 12.1 Å². The van der Waals surface area contributed by atoms with Crippen molar-refractivity contribution in [1.29, 1.82) is 0 Å². The third-order valence-electron chi connectivity index (χ3n) is 4.24. The van der Waals surface area contributed by atoms with E-state index in [1.807, 2.05) is 0 Å². The van der Waals surface area contributed by atoms with Gasteiger partial charge in [0.25, 0.3) is 5.95 Å². The molecule has 29 heavy (non-hydrogen) atoms. The van der Waals surface area contributed by atoms with Gasteiger partial charge in [0, 0.05) is 23.1 Å². The molecule has 0 bridgehead atoms. The van der Waals surface area contributed by atoms with E-state index >= 15 is 0 Å². The molecule has 0 fully saturated rings. The molecule has 0 aliphatic rings. The molecule has 1 aromatic heterocycles. The molecule has 0 unspecified atom stereocenters. The Bertz CT molecular complexity index is 1200. The van der Waals surface area contributed by atoms with Crippen LogP contribution in [0.3, 0.4) is 0 Å². The first-order valence-corrected chi connectivity index (χ1v) is 9.01. The predicted octanol–water partition coefficient (Wildman–Crippen LogP) is 5.86. The molecular weight excluding hydrogens is 396 g/mol. The molecule has 3 aromatic carbocycles. The van der Waals surface area contributed by atoms with Crippen LogP contribution in [0, 0.1) is 0 Å². The molecule has 0 radical (unpaired) electrons. The average Bonchev–Trinajstić information content (AvgIpc) is 3.10. The number of carbonyl (C=O) groups is 1. The van der Waals surface area contributed by atoms with E-state index in [0.29, 0.717) is 22.6 Å². The lowest BCUT2D eigenvalue weighted by Crippen LogP contribution is -2.05. The van der Waals surface area contributed by atoms with E-state index in [0.717, 1.165) is 5.39 Å². The zero-order valence-electron chi connectivity index (χ0n) is 15.0. The van der Waals surface area contributed by atoms with E-state index in [2.05, 4.69) is 0 Å². The molecule has 1 heterocycles. The van der Waals surface area contributed by atoms with Gasteiger partial charge in [0.1, 0.15) is 29.4 Å². The highest BCUT2D eigenvalue weighted by molar-refractivity contribution is 6.32. The summed E-state index contributed by atoms with van der Waals surface area (Å²) >= 11 is 5.88. The number of furan rings is 1. The first-order valence-electron chi connectivity index (χ1n) is 8.63. The predicted molar refractivity (Wildman–Crippen MR) is 107 cm³/mol. The van der Waals surface area contributed by atoms with Crippen molar-refractivity contribution in [2.24, 2.45) is 0 Å². The summed E-state index contributed by atoms with van der Waals surface area (Å²) in [4.78, 5) is 11.3. The lowest BCUT2D eigenvalue weighted by Gasteiger charge is -2.08. The zero-order chi connectivity index (χ0) is 20.4. The van der Waals surface area contributed by atoms with Crippen LogP contribution >= 0.6 is 11.6 Å². The highest BCUT2D eigenvalue weighted by Gasteiger charge is 2.11. The fourth-order valence-electron chi connectivity index (χ4n) is 2.82. The van der Waals surface area contributed by atoms with Gasteiger partial charge in [-0.2, -0.15) is 0 Å². The Morgan fingerprint density at radius 1 is 1.00 bits per heavy atom. The number of carboxylic acids is 1. The Hall–Kier alpha value is -3.64.